The summed E-state index contributed by atoms with van der Waals surface area (Å²) in [5.41, 5.74) is 1.82. The fourth-order valence-electron chi connectivity index (χ4n) is 4.09. The lowest BCUT2D eigenvalue weighted by molar-refractivity contribution is -0.140. The molecule has 0 bridgehead atoms. The van der Waals surface area contributed by atoms with Crippen LogP contribution in [0.25, 0.3) is 0 Å². The van der Waals surface area contributed by atoms with E-state index in [-0.39, 0.29) is 23.4 Å². The lowest BCUT2D eigenvalue weighted by Crippen LogP contribution is -2.53. The number of aryl methyl sites for hydroxylation is 1. The van der Waals surface area contributed by atoms with Crippen molar-refractivity contribution in [3.8, 4) is 0 Å². The number of anilines is 1. The third kappa shape index (κ3) is 7.75. The van der Waals surface area contributed by atoms with E-state index in [1.807, 2.05) is 20.8 Å². The molecule has 208 valence electrons. The number of para-hydroxylation sites is 1. The normalized spacial score (nSPS) is 12.2. The average molecular weight is 591 g/mol. The van der Waals surface area contributed by atoms with Crippen LogP contribution >= 0.6 is 23.2 Å². The van der Waals surface area contributed by atoms with Gasteiger partial charge in [-0.15, -0.1) is 0 Å². The van der Waals surface area contributed by atoms with E-state index >= 15 is 0 Å². The molecule has 2 amide bonds. The maximum absolute atomic E-state index is 14.0. The summed E-state index contributed by atoms with van der Waals surface area (Å²) in [6.07, 6.45) is 0.311. The van der Waals surface area contributed by atoms with Gasteiger partial charge in [0.15, 0.2) is 0 Å². The molecule has 0 aromatic heterocycles. The van der Waals surface area contributed by atoms with E-state index in [2.05, 4.69) is 5.32 Å². The number of sulfonamides is 1. The molecule has 3 rings (SSSR count). The smallest absolute Gasteiger partial charge is 0.264 e. The average Bonchev–Trinajstić information content (AvgIpc) is 2.88. The Bertz CT molecular complexity index is 1400. The molecule has 3 aromatic carbocycles. The Morgan fingerprint density at radius 3 is 2.15 bits per heavy atom. The monoisotopic (exact) mass is 589 g/mol. The van der Waals surface area contributed by atoms with Crippen LogP contribution in [-0.4, -0.2) is 43.8 Å². The first-order valence-corrected chi connectivity index (χ1v) is 14.8. The fraction of sp³-hybridized carbons (Fsp3) is 0.310. The number of hydrogen-bond donors (Lipinski definition) is 1. The third-order valence-corrected chi connectivity index (χ3v) is 8.48. The zero-order chi connectivity index (χ0) is 28.7. The highest BCUT2D eigenvalue weighted by molar-refractivity contribution is 7.92. The van der Waals surface area contributed by atoms with Crippen molar-refractivity contribution in [3.63, 3.8) is 0 Å². The molecule has 0 heterocycles. The molecule has 1 N–H and O–H groups in total. The number of hydrogen-bond acceptors (Lipinski definition) is 4. The van der Waals surface area contributed by atoms with Crippen LogP contribution in [0.2, 0.25) is 10.0 Å². The molecular weight excluding hydrogens is 557 g/mol. The van der Waals surface area contributed by atoms with Gasteiger partial charge in [-0.1, -0.05) is 72.1 Å². The van der Waals surface area contributed by atoms with Crippen molar-refractivity contribution >= 4 is 50.7 Å². The highest BCUT2D eigenvalue weighted by Gasteiger charge is 2.34. The summed E-state index contributed by atoms with van der Waals surface area (Å²) >= 11 is 12.5. The number of benzene rings is 3. The van der Waals surface area contributed by atoms with Crippen LogP contribution in [0.1, 0.15) is 38.3 Å². The highest BCUT2D eigenvalue weighted by atomic mass is 35.5. The summed E-state index contributed by atoms with van der Waals surface area (Å²) in [6, 6.07) is 18.8. The van der Waals surface area contributed by atoms with Crippen molar-refractivity contribution in [3.05, 3.63) is 94.0 Å². The van der Waals surface area contributed by atoms with Crippen LogP contribution in [0.3, 0.4) is 0 Å². The van der Waals surface area contributed by atoms with E-state index in [4.69, 9.17) is 23.2 Å². The number of rotatable bonds is 11. The number of amides is 2. The van der Waals surface area contributed by atoms with Gasteiger partial charge in [0.1, 0.15) is 12.6 Å². The summed E-state index contributed by atoms with van der Waals surface area (Å²) in [6.45, 7) is 6.80. The predicted molar refractivity (Wildman–Crippen MR) is 157 cm³/mol. The van der Waals surface area contributed by atoms with Crippen LogP contribution < -0.4 is 9.62 Å². The molecule has 0 aliphatic rings. The molecule has 39 heavy (non-hydrogen) atoms. The Kier molecular flexibility index (Phi) is 10.4. The van der Waals surface area contributed by atoms with Crippen LogP contribution in [0.5, 0.6) is 0 Å². The van der Waals surface area contributed by atoms with E-state index in [9.17, 15) is 18.0 Å². The van der Waals surface area contributed by atoms with Gasteiger partial charge in [0.05, 0.1) is 10.6 Å². The van der Waals surface area contributed by atoms with Gasteiger partial charge in [-0.05, 0) is 69.2 Å². The predicted octanol–water partition coefficient (Wildman–Crippen LogP) is 5.83. The SMILES string of the molecule is CC[C@@H](C(=O)NC(C)C)N(Cc1ccc(Cl)cc1Cl)C(=O)CN(c1ccccc1)S(=O)(=O)c1ccc(C)cc1. The van der Waals surface area contributed by atoms with Crippen LogP contribution in [0.15, 0.2) is 77.7 Å². The summed E-state index contributed by atoms with van der Waals surface area (Å²) < 4.78 is 28.7. The standard InChI is InChI=1S/C29H33Cl2N3O4S/c1-5-27(29(36)32-20(2)3)33(18-22-13-14-23(30)17-26(22)31)28(35)19-34(24-9-7-6-8-10-24)39(37,38)25-15-11-21(4)12-16-25/h6-17,20,27H,5,18-19H2,1-4H3,(H,32,36)/t27-/m0/s1. The number of carbonyl (C=O) groups excluding carboxylic acids is 2. The van der Waals surface area contributed by atoms with Crippen molar-refractivity contribution in [2.45, 2.75) is 57.6 Å². The van der Waals surface area contributed by atoms with Crippen molar-refractivity contribution in [1.82, 2.24) is 10.2 Å². The molecule has 0 unspecified atom stereocenters. The lowest BCUT2D eigenvalue weighted by atomic mass is 10.1. The van der Waals surface area contributed by atoms with Crippen LogP contribution in [0.4, 0.5) is 5.69 Å². The summed E-state index contributed by atoms with van der Waals surface area (Å²) in [4.78, 5) is 28.6. The summed E-state index contributed by atoms with van der Waals surface area (Å²) in [5.74, 6) is -0.884. The molecule has 3 aromatic rings. The Labute approximate surface area is 240 Å². The molecule has 7 nitrogen and oxygen atoms in total. The number of nitrogens with one attached hydrogen (secondary N) is 1. The number of carbonyl (C=O) groups is 2. The second-order valence-corrected chi connectivity index (χ2v) is 12.2. The maximum atomic E-state index is 14.0. The summed E-state index contributed by atoms with van der Waals surface area (Å²) in [5, 5.41) is 3.64. The van der Waals surface area contributed by atoms with Crippen LogP contribution in [-0.2, 0) is 26.2 Å². The highest BCUT2D eigenvalue weighted by Crippen LogP contribution is 2.27. The van der Waals surface area contributed by atoms with Gasteiger partial charge in [0.2, 0.25) is 11.8 Å². The van der Waals surface area contributed by atoms with E-state index in [0.29, 0.717) is 27.7 Å². The fourth-order valence-corrected chi connectivity index (χ4v) is 5.98. The lowest BCUT2D eigenvalue weighted by Gasteiger charge is -2.33. The first-order chi connectivity index (χ1) is 18.4. The van der Waals surface area contributed by atoms with E-state index < -0.39 is 28.5 Å². The molecule has 0 saturated carbocycles. The first-order valence-electron chi connectivity index (χ1n) is 12.6. The quantitative estimate of drug-likeness (QED) is 0.305. The molecule has 10 heteroatoms. The molecule has 0 aliphatic carbocycles. The van der Waals surface area contributed by atoms with Gasteiger partial charge >= 0.3 is 0 Å². The molecule has 0 aliphatic heterocycles. The van der Waals surface area contributed by atoms with Gasteiger partial charge in [-0.25, -0.2) is 8.42 Å². The topological polar surface area (TPSA) is 86.8 Å². The molecule has 1 atom stereocenters. The molecule has 0 radical (unpaired) electrons. The van der Waals surface area contributed by atoms with Gasteiger partial charge < -0.3 is 10.2 Å². The first kappa shape index (κ1) is 30.5. The van der Waals surface area contributed by atoms with Crippen LogP contribution in [0, 0.1) is 6.92 Å². The molecule has 0 saturated heterocycles. The Balaban J connectivity index is 2.06. The van der Waals surface area contributed by atoms with Crippen molar-refractivity contribution in [2.24, 2.45) is 0 Å². The minimum absolute atomic E-state index is 0.00787. The van der Waals surface area contributed by atoms with Gasteiger partial charge in [0, 0.05) is 22.6 Å². The van der Waals surface area contributed by atoms with Crippen molar-refractivity contribution in [2.75, 3.05) is 10.8 Å². The van der Waals surface area contributed by atoms with E-state index in [0.717, 1.165) is 9.87 Å². The van der Waals surface area contributed by atoms with Gasteiger partial charge in [-0.3, -0.25) is 13.9 Å². The van der Waals surface area contributed by atoms with Gasteiger partial charge in [0.25, 0.3) is 10.0 Å². The van der Waals surface area contributed by atoms with Gasteiger partial charge in [-0.2, -0.15) is 0 Å². The third-order valence-electron chi connectivity index (χ3n) is 6.10. The second kappa shape index (κ2) is 13.3. The number of nitrogens with zero attached hydrogens (tertiary/aromatic N) is 2. The molecule has 0 fully saturated rings. The zero-order valence-electron chi connectivity index (χ0n) is 22.4. The minimum atomic E-state index is -4.12. The van der Waals surface area contributed by atoms with E-state index in [1.54, 1.807) is 67.6 Å². The molecular formula is C29H33Cl2N3O4S. The van der Waals surface area contributed by atoms with Crippen molar-refractivity contribution in [1.29, 1.82) is 0 Å². The molecule has 0 spiro atoms. The minimum Gasteiger partial charge on any atom is -0.352 e. The second-order valence-electron chi connectivity index (χ2n) is 9.50. The zero-order valence-corrected chi connectivity index (χ0v) is 24.7. The maximum Gasteiger partial charge on any atom is 0.264 e. The largest absolute Gasteiger partial charge is 0.352 e. The number of halogens is 2. The van der Waals surface area contributed by atoms with Crippen molar-refractivity contribution < 1.29 is 18.0 Å². The summed E-state index contributed by atoms with van der Waals surface area (Å²) in [7, 11) is -4.12. The Morgan fingerprint density at radius 2 is 1.59 bits per heavy atom. The Hall–Kier alpha value is -3.07. The Morgan fingerprint density at radius 1 is 0.949 bits per heavy atom. The van der Waals surface area contributed by atoms with E-state index in [1.165, 1.54) is 17.0 Å².